The Labute approximate surface area is 143 Å². The molecule has 0 bridgehead atoms. The molecule has 24 heavy (non-hydrogen) atoms. The highest BCUT2D eigenvalue weighted by molar-refractivity contribution is 6.09. The average Bonchev–Trinajstić information content (AvgIpc) is 2.48. The average molecular weight is 326 g/mol. The van der Waals surface area contributed by atoms with E-state index in [1.807, 2.05) is 64.1 Å². The normalized spacial score (nSPS) is 11.1. The van der Waals surface area contributed by atoms with Gasteiger partial charge in [0.1, 0.15) is 0 Å². The molecule has 2 amide bonds. The molecule has 4 nitrogen and oxygen atoms in total. The van der Waals surface area contributed by atoms with Crippen molar-refractivity contribution in [3.8, 4) is 0 Å². The number of fused-ring (bicyclic) bond motifs is 1. The molecule has 0 aliphatic heterocycles. The minimum atomic E-state index is -0.0420. The second kappa shape index (κ2) is 7.95. The molecule has 2 N–H and O–H groups in total. The van der Waals surface area contributed by atoms with Crippen LogP contribution in [0.5, 0.6) is 0 Å². The van der Waals surface area contributed by atoms with Gasteiger partial charge in [-0.25, -0.2) is 0 Å². The van der Waals surface area contributed by atoms with Crippen molar-refractivity contribution in [3.05, 3.63) is 36.4 Å². The minimum absolute atomic E-state index is 0.0410. The Morgan fingerprint density at radius 2 is 1.42 bits per heavy atom. The molecule has 2 aromatic carbocycles. The standard InChI is InChI=1S/C20H26N2O2/c1-13(2)11-18(23)21-17-10-9-15-7-5-6-8-16(15)20(17)22-19(24)12-14(3)4/h5-10,13-14H,11-12H2,1-4H3,(H,21,23)(H,22,24). The summed E-state index contributed by atoms with van der Waals surface area (Å²) >= 11 is 0. The molecule has 2 aromatic rings. The van der Waals surface area contributed by atoms with Crippen LogP contribution in [0.2, 0.25) is 0 Å². The van der Waals surface area contributed by atoms with Gasteiger partial charge in [-0.1, -0.05) is 58.0 Å². The van der Waals surface area contributed by atoms with E-state index < -0.39 is 0 Å². The minimum Gasteiger partial charge on any atom is -0.324 e. The van der Waals surface area contributed by atoms with Crippen LogP contribution in [0.3, 0.4) is 0 Å². The number of hydrogen-bond acceptors (Lipinski definition) is 2. The number of anilines is 2. The fourth-order valence-electron chi connectivity index (χ4n) is 2.64. The third kappa shape index (κ3) is 4.82. The molecule has 0 aliphatic rings. The van der Waals surface area contributed by atoms with E-state index >= 15 is 0 Å². The van der Waals surface area contributed by atoms with E-state index in [1.165, 1.54) is 0 Å². The second-order valence-corrected chi connectivity index (χ2v) is 7.00. The SMILES string of the molecule is CC(C)CC(=O)Nc1ccc2ccccc2c1NC(=O)CC(C)C. The fraction of sp³-hybridized carbons (Fsp3) is 0.400. The number of rotatable bonds is 6. The van der Waals surface area contributed by atoms with Crippen molar-refractivity contribution in [3.63, 3.8) is 0 Å². The zero-order valence-corrected chi connectivity index (χ0v) is 14.8. The summed E-state index contributed by atoms with van der Waals surface area (Å²) in [6.45, 7) is 8.03. The molecule has 0 unspecified atom stereocenters. The first-order valence-electron chi connectivity index (χ1n) is 8.48. The van der Waals surface area contributed by atoms with E-state index in [1.54, 1.807) is 0 Å². The lowest BCUT2D eigenvalue weighted by Gasteiger charge is -2.16. The van der Waals surface area contributed by atoms with Gasteiger partial charge in [0, 0.05) is 18.2 Å². The van der Waals surface area contributed by atoms with Crippen molar-refractivity contribution in [1.29, 1.82) is 0 Å². The van der Waals surface area contributed by atoms with Gasteiger partial charge in [0.05, 0.1) is 11.4 Å². The highest BCUT2D eigenvalue weighted by Crippen LogP contribution is 2.32. The summed E-state index contributed by atoms with van der Waals surface area (Å²) in [7, 11) is 0. The quantitative estimate of drug-likeness (QED) is 0.800. The predicted molar refractivity (Wildman–Crippen MR) is 100 cm³/mol. The van der Waals surface area contributed by atoms with E-state index in [0.29, 0.717) is 24.2 Å². The van der Waals surface area contributed by atoms with Gasteiger partial charge in [0.15, 0.2) is 0 Å². The van der Waals surface area contributed by atoms with Gasteiger partial charge in [-0.3, -0.25) is 9.59 Å². The Morgan fingerprint density at radius 1 is 0.833 bits per heavy atom. The number of nitrogens with one attached hydrogen (secondary N) is 2. The molecule has 4 heteroatoms. The lowest BCUT2D eigenvalue weighted by Crippen LogP contribution is -2.18. The molecule has 128 valence electrons. The molecular weight excluding hydrogens is 300 g/mol. The molecule has 0 aromatic heterocycles. The summed E-state index contributed by atoms with van der Waals surface area (Å²) in [6.07, 6.45) is 0.898. The molecule has 0 atom stereocenters. The van der Waals surface area contributed by atoms with Crippen LogP contribution in [0.15, 0.2) is 36.4 Å². The Hall–Kier alpha value is -2.36. The van der Waals surface area contributed by atoms with Crippen molar-refractivity contribution in [2.24, 2.45) is 11.8 Å². The zero-order valence-electron chi connectivity index (χ0n) is 14.8. The van der Waals surface area contributed by atoms with Gasteiger partial charge >= 0.3 is 0 Å². The lowest BCUT2D eigenvalue weighted by atomic mass is 10.1. The number of hydrogen-bond donors (Lipinski definition) is 2. The fourth-order valence-corrected chi connectivity index (χ4v) is 2.64. The van der Waals surface area contributed by atoms with Crippen molar-refractivity contribution in [2.75, 3.05) is 10.6 Å². The van der Waals surface area contributed by atoms with E-state index in [9.17, 15) is 9.59 Å². The maximum absolute atomic E-state index is 12.3. The van der Waals surface area contributed by atoms with E-state index in [4.69, 9.17) is 0 Å². The Balaban J connectivity index is 2.37. The third-order valence-electron chi connectivity index (χ3n) is 3.65. The molecule has 0 fully saturated rings. The van der Waals surface area contributed by atoms with Crippen LogP contribution < -0.4 is 10.6 Å². The van der Waals surface area contributed by atoms with Crippen LogP contribution in [0, 0.1) is 11.8 Å². The largest absolute Gasteiger partial charge is 0.324 e. The molecule has 0 aliphatic carbocycles. The summed E-state index contributed by atoms with van der Waals surface area (Å²) in [5.74, 6) is 0.476. The van der Waals surface area contributed by atoms with Crippen LogP contribution in [0.1, 0.15) is 40.5 Å². The van der Waals surface area contributed by atoms with Crippen molar-refractivity contribution < 1.29 is 9.59 Å². The molecule has 0 heterocycles. The molecule has 0 radical (unpaired) electrons. The smallest absolute Gasteiger partial charge is 0.224 e. The van der Waals surface area contributed by atoms with E-state index in [0.717, 1.165) is 10.8 Å². The second-order valence-electron chi connectivity index (χ2n) is 7.00. The third-order valence-corrected chi connectivity index (χ3v) is 3.65. The molecule has 0 saturated heterocycles. The van der Waals surface area contributed by atoms with Gasteiger partial charge < -0.3 is 10.6 Å². The van der Waals surface area contributed by atoms with E-state index in [2.05, 4.69) is 10.6 Å². The van der Waals surface area contributed by atoms with Crippen molar-refractivity contribution >= 4 is 34.0 Å². The maximum atomic E-state index is 12.3. The summed E-state index contributed by atoms with van der Waals surface area (Å²) in [6, 6.07) is 11.6. The highest BCUT2D eigenvalue weighted by atomic mass is 16.2. The van der Waals surface area contributed by atoms with Crippen molar-refractivity contribution in [1.82, 2.24) is 0 Å². The van der Waals surface area contributed by atoms with Crippen LogP contribution in [-0.4, -0.2) is 11.8 Å². The summed E-state index contributed by atoms with van der Waals surface area (Å²) in [5, 5.41) is 7.88. The molecular formula is C20H26N2O2. The van der Waals surface area contributed by atoms with Crippen LogP contribution in [0.25, 0.3) is 10.8 Å². The highest BCUT2D eigenvalue weighted by Gasteiger charge is 2.14. The van der Waals surface area contributed by atoms with Gasteiger partial charge in [0.25, 0.3) is 0 Å². The monoisotopic (exact) mass is 326 g/mol. The van der Waals surface area contributed by atoms with Crippen molar-refractivity contribution in [2.45, 2.75) is 40.5 Å². The summed E-state index contributed by atoms with van der Waals surface area (Å²) < 4.78 is 0. The topological polar surface area (TPSA) is 58.2 Å². The first kappa shape index (κ1) is 18.0. The number of benzene rings is 2. The lowest BCUT2D eigenvalue weighted by molar-refractivity contribution is -0.117. The molecule has 0 saturated carbocycles. The first-order chi connectivity index (χ1) is 11.4. The van der Waals surface area contributed by atoms with Gasteiger partial charge in [-0.15, -0.1) is 0 Å². The van der Waals surface area contributed by atoms with Crippen LogP contribution >= 0.6 is 0 Å². The molecule has 2 rings (SSSR count). The van der Waals surface area contributed by atoms with Crippen LogP contribution in [-0.2, 0) is 9.59 Å². The summed E-state index contributed by atoms with van der Waals surface area (Å²) in [5.41, 5.74) is 1.33. The van der Waals surface area contributed by atoms with E-state index in [-0.39, 0.29) is 23.7 Å². The van der Waals surface area contributed by atoms with Gasteiger partial charge in [-0.2, -0.15) is 0 Å². The Kier molecular flexibility index (Phi) is 5.96. The maximum Gasteiger partial charge on any atom is 0.224 e. The number of amides is 2. The number of carbonyl (C=O) groups is 2. The van der Waals surface area contributed by atoms with Crippen LogP contribution in [0.4, 0.5) is 11.4 Å². The predicted octanol–water partition coefficient (Wildman–Crippen LogP) is 4.81. The Morgan fingerprint density at radius 3 is 2.04 bits per heavy atom. The number of carbonyl (C=O) groups excluding carboxylic acids is 2. The van der Waals surface area contributed by atoms with Gasteiger partial charge in [0.2, 0.25) is 11.8 Å². The molecule has 0 spiro atoms. The Bertz CT molecular complexity index is 735. The first-order valence-corrected chi connectivity index (χ1v) is 8.48. The van der Waals surface area contributed by atoms with Gasteiger partial charge in [-0.05, 0) is 23.3 Å². The zero-order chi connectivity index (χ0) is 17.7. The summed E-state index contributed by atoms with van der Waals surface area (Å²) in [4.78, 5) is 24.4.